The Labute approximate surface area is 103 Å². The van der Waals surface area contributed by atoms with E-state index in [2.05, 4.69) is 17.2 Å². The Morgan fingerprint density at radius 3 is 3.12 bits per heavy atom. The smallest absolute Gasteiger partial charge is 0.122 e. The fourth-order valence-corrected chi connectivity index (χ4v) is 2.77. The van der Waals surface area contributed by atoms with Gasteiger partial charge in [0.1, 0.15) is 5.82 Å². The Morgan fingerprint density at radius 2 is 2.47 bits per heavy atom. The molecule has 4 nitrogen and oxygen atoms in total. The van der Waals surface area contributed by atoms with Crippen LogP contribution in [0.1, 0.15) is 38.4 Å². The Bertz CT molecular complexity index is 363. The van der Waals surface area contributed by atoms with E-state index in [0.717, 1.165) is 31.6 Å². The van der Waals surface area contributed by atoms with Gasteiger partial charge in [-0.25, -0.2) is 4.98 Å². The van der Waals surface area contributed by atoms with E-state index < -0.39 is 5.60 Å². The minimum Gasteiger partial charge on any atom is -0.389 e. The van der Waals surface area contributed by atoms with Crippen LogP contribution in [0.4, 0.5) is 0 Å². The maximum Gasteiger partial charge on any atom is 0.122 e. The summed E-state index contributed by atoms with van der Waals surface area (Å²) in [6, 6.07) is 0. The third kappa shape index (κ3) is 3.30. The number of aliphatic hydroxyl groups is 1. The van der Waals surface area contributed by atoms with E-state index in [9.17, 15) is 5.11 Å². The molecular weight excluding hydrogens is 214 g/mol. The highest BCUT2D eigenvalue weighted by molar-refractivity contribution is 4.92. The number of nitrogens with one attached hydrogen (secondary N) is 1. The van der Waals surface area contributed by atoms with E-state index in [4.69, 9.17) is 0 Å². The van der Waals surface area contributed by atoms with Gasteiger partial charge < -0.3 is 15.0 Å². The van der Waals surface area contributed by atoms with Crippen LogP contribution in [-0.2, 0) is 13.6 Å². The van der Waals surface area contributed by atoms with Gasteiger partial charge >= 0.3 is 0 Å². The summed E-state index contributed by atoms with van der Waals surface area (Å²) in [6.45, 7) is 3.62. The largest absolute Gasteiger partial charge is 0.389 e. The lowest BCUT2D eigenvalue weighted by Gasteiger charge is -2.35. The fraction of sp³-hybridized carbons (Fsp3) is 0.769. The lowest BCUT2D eigenvalue weighted by molar-refractivity contribution is -0.0120. The number of aromatic nitrogens is 2. The molecule has 2 atom stereocenters. The average Bonchev–Trinajstić information content (AvgIpc) is 2.64. The first-order chi connectivity index (χ1) is 8.09. The summed E-state index contributed by atoms with van der Waals surface area (Å²) in [5.74, 6) is 1.65. The molecule has 1 aromatic rings. The van der Waals surface area contributed by atoms with Gasteiger partial charge in [0.15, 0.2) is 0 Å². The molecule has 2 N–H and O–H groups in total. The first kappa shape index (κ1) is 12.6. The van der Waals surface area contributed by atoms with Crippen molar-refractivity contribution in [1.82, 2.24) is 14.9 Å². The lowest BCUT2D eigenvalue weighted by Crippen LogP contribution is -2.44. The molecule has 1 heterocycles. The molecule has 96 valence electrons. The van der Waals surface area contributed by atoms with Gasteiger partial charge in [-0.05, 0) is 18.8 Å². The first-order valence-electron chi connectivity index (χ1n) is 6.48. The summed E-state index contributed by atoms with van der Waals surface area (Å²) in [7, 11) is 1.99. The Balaban J connectivity index is 1.79. The van der Waals surface area contributed by atoms with Gasteiger partial charge in [0.2, 0.25) is 0 Å². The van der Waals surface area contributed by atoms with Crippen molar-refractivity contribution < 1.29 is 5.11 Å². The van der Waals surface area contributed by atoms with Crippen LogP contribution in [0.3, 0.4) is 0 Å². The van der Waals surface area contributed by atoms with Gasteiger partial charge in [-0.2, -0.15) is 0 Å². The number of aryl methyl sites for hydroxylation is 1. The van der Waals surface area contributed by atoms with Crippen LogP contribution >= 0.6 is 0 Å². The number of imidazole rings is 1. The van der Waals surface area contributed by atoms with Crippen molar-refractivity contribution in [1.29, 1.82) is 0 Å². The second kappa shape index (κ2) is 5.19. The maximum atomic E-state index is 10.4. The monoisotopic (exact) mass is 237 g/mol. The number of rotatable bonds is 4. The summed E-state index contributed by atoms with van der Waals surface area (Å²) >= 11 is 0. The molecule has 0 aromatic carbocycles. The normalized spacial score (nSPS) is 29.5. The molecule has 0 spiro atoms. The Kier molecular flexibility index (Phi) is 3.84. The zero-order valence-electron chi connectivity index (χ0n) is 10.8. The number of hydrogen-bond donors (Lipinski definition) is 2. The number of hydrogen-bond acceptors (Lipinski definition) is 3. The zero-order chi connectivity index (χ0) is 12.3. The van der Waals surface area contributed by atoms with Crippen molar-refractivity contribution in [3.63, 3.8) is 0 Å². The van der Waals surface area contributed by atoms with Crippen molar-refractivity contribution in [2.24, 2.45) is 13.0 Å². The molecule has 0 radical (unpaired) electrons. The van der Waals surface area contributed by atoms with Crippen molar-refractivity contribution in [3.8, 4) is 0 Å². The van der Waals surface area contributed by atoms with Crippen LogP contribution in [0.25, 0.3) is 0 Å². The molecule has 1 aliphatic rings. The summed E-state index contributed by atoms with van der Waals surface area (Å²) in [5.41, 5.74) is -0.511. The molecule has 1 fully saturated rings. The van der Waals surface area contributed by atoms with Crippen molar-refractivity contribution in [3.05, 3.63) is 18.2 Å². The highest BCUT2D eigenvalue weighted by Crippen LogP contribution is 2.31. The molecule has 0 aliphatic heterocycles. The second-order valence-electron chi connectivity index (χ2n) is 5.48. The van der Waals surface area contributed by atoms with Crippen molar-refractivity contribution in [2.75, 3.05) is 6.54 Å². The second-order valence-corrected chi connectivity index (χ2v) is 5.48. The summed E-state index contributed by atoms with van der Waals surface area (Å²) in [4.78, 5) is 4.25. The molecule has 1 saturated carbocycles. The van der Waals surface area contributed by atoms with E-state index in [1.807, 2.05) is 17.8 Å². The summed E-state index contributed by atoms with van der Waals surface area (Å²) in [6.07, 6.45) is 7.97. The first-order valence-corrected chi connectivity index (χ1v) is 6.48. The van der Waals surface area contributed by atoms with Gasteiger partial charge in [0.25, 0.3) is 0 Å². The van der Waals surface area contributed by atoms with E-state index >= 15 is 0 Å². The van der Waals surface area contributed by atoms with Crippen molar-refractivity contribution >= 4 is 0 Å². The zero-order valence-corrected chi connectivity index (χ0v) is 10.8. The van der Waals surface area contributed by atoms with E-state index in [1.54, 1.807) is 6.20 Å². The molecular formula is C13H23N3O. The Morgan fingerprint density at radius 1 is 1.65 bits per heavy atom. The van der Waals surface area contributed by atoms with Gasteiger partial charge in [0, 0.05) is 26.0 Å². The highest BCUT2D eigenvalue weighted by Gasteiger charge is 2.32. The van der Waals surface area contributed by atoms with Gasteiger partial charge in [0.05, 0.1) is 12.1 Å². The molecule has 2 rings (SSSR count). The van der Waals surface area contributed by atoms with E-state index in [-0.39, 0.29) is 0 Å². The molecule has 1 aliphatic carbocycles. The van der Waals surface area contributed by atoms with Gasteiger partial charge in [-0.3, -0.25) is 0 Å². The van der Waals surface area contributed by atoms with Crippen LogP contribution in [-0.4, -0.2) is 26.8 Å². The minimum atomic E-state index is -0.511. The molecule has 0 amide bonds. The minimum absolute atomic E-state index is 0.511. The predicted molar refractivity (Wildman–Crippen MR) is 67.5 cm³/mol. The Hall–Kier alpha value is -0.870. The lowest BCUT2D eigenvalue weighted by atomic mass is 9.79. The molecule has 1 aromatic heterocycles. The van der Waals surface area contributed by atoms with Crippen LogP contribution in [0.2, 0.25) is 0 Å². The third-order valence-electron chi connectivity index (χ3n) is 3.73. The number of nitrogens with zero attached hydrogens (tertiary/aromatic N) is 2. The third-order valence-corrected chi connectivity index (χ3v) is 3.73. The summed E-state index contributed by atoms with van der Waals surface area (Å²) < 4.78 is 2.00. The van der Waals surface area contributed by atoms with Gasteiger partial charge in [-0.15, -0.1) is 0 Å². The van der Waals surface area contributed by atoms with Crippen LogP contribution in [0.15, 0.2) is 12.4 Å². The van der Waals surface area contributed by atoms with Crippen LogP contribution in [0, 0.1) is 5.92 Å². The summed E-state index contributed by atoms with van der Waals surface area (Å²) in [5, 5.41) is 13.8. The SMILES string of the molecule is CC1CCCC(O)(CNCc2nccn2C)C1. The molecule has 2 unspecified atom stereocenters. The van der Waals surface area contributed by atoms with Crippen LogP contribution < -0.4 is 5.32 Å². The van der Waals surface area contributed by atoms with Crippen LogP contribution in [0.5, 0.6) is 0 Å². The fourth-order valence-electron chi connectivity index (χ4n) is 2.77. The topological polar surface area (TPSA) is 50.1 Å². The molecule has 4 heteroatoms. The van der Waals surface area contributed by atoms with E-state index in [0.29, 0.717) is 12.5 Å². The highest BCUT2D eigenvalue weighted by atomic mass is 16.3. The van der Waals surface area contributed by atoms with E-state index in [1.165, 1.54) is 6.42 Å². The standard InChI is InChI=1S/C13H23N3O/c1-11-4-3-5-13(17,8-11)10-14-9-12-15-6-7-16(12)2/h6-7,11,14,17H,3-5,8-10H2,1-2H3. The predicted octanol–water partition coefficient (Wildman–Crippen LogP) is 1.45. The molecule has 17 heavy (non-hydrogen) atoms. The van der Waals surface area contributed by atoms with Crippen molar-refractivity contribution in [2.45, 2.75) is 44.8 Å². The quantitative estimate of drug-likeness (QED) is 0.833. The average molecular weight is 237 g/mol. The molecule has 0 saturated heterocycles. The maximum absolute atomic E-state index is 10.4. The molecule has 0 bridgehead atoms. The van der Waals surface area contributed by atoms with Gasteiger partial charge in [-0.1, -0.05) is 19.8 Å².